The van der Waals surface area contributed by atoms with Gasteiger partial charge in [0.15, 0.2) is 5.82 Å². The number of carboxylic acid groups (broad SMARTS) is 1. The molecule has 4 heterocycles. The van der Waals surface area contributed by atoms with Crippen molar-refractivity contribution in [2.45, 2.75) is 57.1 Å². The maximum Gasteiger partial charge on any atom is 0.335 e. The lowest BCUT2D eigenvalue weighted by atomic mass is 9.94. The molecule has 2 aromatic heterocycles. The predicted octanol–water partition coefficient (Wildman–Crippen LogP) is 3.84. The first-order chi connectivity index (χ1) is 20.7. The van der Waals surface area contributed by atoms with E-state index in [1.54, 1.807) is 12.1 Å². The molecule has 0 bridgehead atoms. The van der Waals surface area contributed by atoms with Gasteiger partial charge in [0, 0.05) is 18.7 Å². The molecule has 1 unspecified atom stereocenters. The Balaban J connectivity index is 1.29. The van der Waals surface area contributed by atoms with Crippen molar-refractivity contribution in [3.63, 3.8) is 0 Å². The van der Waals surface area contributed by atoms with Gasteiger partial charge in [0.25, 0.3) is 5.88 Å². The summed E-state index contributed by atoms with van der Waals surface area (Å²) in [6, 6.07) is 10.6. The third-order valence-corrected chi connectivity index (χ3v) is 8.03. The van der Waals surface area contributed by atoms with Gasteiger partial charge >= 0.3 is 5.97 Å². The van der Waals surface area contributed by atoms with Crippen LogP contribution >= 0.6 is 0 Å². The van der Waals surface area contributed by atoms with Gasteiger partial charge < -0.3 is 24.9 Å². The molecule has 0 amide bonds. The Morgan fingerprint density at radius 1 is 1.21 bits per heavy atom. The maximum absolute atomic E-state index is 14.7. The number of halogens is 2. The minimum absolute atomic E-state index is 0.00490. The van der Waals surface area contributed by atoms with Crippen molar-refractivity contribution < 1.29 is 28.2 Å². The highest BCUT2D eigenvalue weighted by Crippen LogP contribution is 2.34. The Bertz CT molecular complexity index is 1740. The van der Waals surface area contributed by atoms with E-state index in [-0.39, 0.29) is 41.1 Å². The molecule has 3 N–H and O–H groups in total. The third-order valence-electron chi connectivity index (χ3n) is 8.03. The number of hydrogen-bond donors (Lipinski definition) is 2. The van der Waals surface area contributed by atoms with Crippen LogP contribution in [0.25, 0.3) is 11.0 Å². The van der Waals surface area contributed by atoms with Gasteiger partial charge in [-0.3, -0.25) is 4.90 Å². The normalized spacial score (nSPS) is 20.5. The summed E-state index contributed by atoms with van der Waals surface area (Å²) in [6.07, 6.45) is 4.00. The number of fused-ring (bicyclic) bond motifs is 1. The zero-order valence-electron chi connectivity index (χ0n) is 23.2. The number of carboxylic acids is 1. The molecule has 2 aliphatic heterocycles. The average molecular weight is 590 g/mol. The highest BCUT2D eigenvalue weighted by molar-refractivity contribution is 5.92. The van der Waals surface area contributed by atoms with E-state index in [0.717, 1.165) is 31.5 Å². The first kappa shape index (κ1) is 28.6. The molecule has 0 aliphatic carbocycles. The number of piperidine rings is 1. The Labute approximate surface area is 245 Å². The number of benzene rings is 2. The van der Waals surface area contributed by atoms with Crippen LogP contribution < -0.4 is 10.5 Å². The number of imidazole rings is 1. The number of likely N-dealkylation sites (tertiary alicyclic amines) is 1. The van der Waals surface area contributed by atoms with Gasteiger partial charge in [0.2, 0.25) is 5.82 Å². The predicted molar refractivity (Wildman–Crippen MR) is 149 cm³/mol. The molecule has 2 aliphatic rings. The SMILES string of the molecule is N#Cc1ccc(COc2nc(C3(N)CCCCN3Cc3nc4ccc(C(=O)O)cc4n3C[C@@H]3CCO3)ncc2F)c(F)c1. The number of nitrogens with two attached hydrogens (primary N) is 1. The van der Waals surface area contributed by atoms with Crippen LogP contribution in [0.2, 0.25) is 0 Å². The summed E-state index contributed by atoms with van der Waals surface area (Å²) >= 11 is 0. The minimum atomic E-state index is -1.19. The molecule has 13 heteroatoms. The summed E-state index contributed by atoms with van der Waals surface area (Å²) in [4.78, 5) is 27.1. The van der Waals surface area contributed by atoms with Crippen LogP contribution in [0.4, 0.5) is 8.78 Å². The molecule has 222 valence electrons. The summed E-state index contributed by atoms with van der Waals surface area (Å²) < 4.78 is 42.3. The van der Waals surface area contributed by atoms with Crippen molar-refractivity contribution in [2.75, 3.05) is 13.2 Å². The Kier molecular flexibility index (Phi) is 7.74. The largest absolute Gasteiger partial charge is 0.478 e. The van der Waals surface area contributed by atoms with E-state index in [9.17, 15) is 18.7 Å². The Morgan fingerprint density at radius 3 is 2.77 bits per heavy atom. The highest BCUT2D eigenvalue weighted by Gasteiger charge is 2.41. The van der Waals surface area contributed by atoms with Crippen molar-refractivity contribution in [3.05, 3.63) is 82.6 Å². The highest BCUT2D eigenvalue weighted by atomic mass is 19.1. The van der Waals surface area contributed by atoms with E-state index < -0.39 is 23.3 Å². The number of ether oxygens (including phenoxy) is 2. The molecular weight excluding hydrogens is 560 g/mol. The molecule has 2 aromatic carbocycles. The van der Waals surface area contributed by atoms with Gasteiger partial charge in [0.05, 0.1) is 53.6 Å². The molecule has 6 rings (SSSR count). The first-order valence-electron chi connectivity index (χ1n) is 14.0. The molecule has 43 heavy (non-hydrogen) atoms. The minimum Gasteiger partial charge on any atom is -0.478 e. The van der Waals surface area contributed by atoms with E-state index in [0.29, 0.717) is 49.5 Å². The zero-order chi connectivity index (χ0) is 30.1. The topological polar surface area (TPSA) is 152 Å². The van der Waals surface area contributed by atoms with Crippen LogP contribution in [0.15, 0.2) is 42.6 Å². The molecule has 11 nitrogen and oxygen atoms in total. The fourth-order valence-electron chi connectivity index (χ4n) is 5.50. The van der Waals surface area contributed by atoms with Gasteiger partial charge in [-0.25, -0.2) is 19.2 Å². The number of nitrogens with zero attached hydrogens (tertiary/aromatic N) is 6. The number of nitriles is 1. The van der Waals surface area contributed by atoms with Crippen molar-refractivity contribution in [2.24, 2.45) is 5.73 Å². The van der Waals surface area contributed by atoms with Crippen LogP contribution in [-0.2, 0) is 30.1 Å². The molecule has 0 spiro atoms. The summed E-state index contributed by atoms with van der Waals surface area (Å²) in [5, 5.41) is 18.5. The smallest absolute Gasteiger partial charge is 0.335 e. The summed E-state index contributed by atoms with van der Waals surface area (Å²) in [7, 11) is 0. The molecule has 4 aromatic rings. The van der Waals surface area contributed by atoms with E-state index in [1.807, 2.05) is 15.5 Å². The van der Waals surface area contributed by atoms with Crippen molar-refractivity contribution in [1.82, 2.24) is 24.4 Å². The molecule has 2 saturated heterocycles. The second-order valence-corrected chi connectivity index (χ2v) is 10.8. The summed E-state index contributed by atoms with van der Waals surface area (Å²) in [5.41, 5.74) is 7.61. The van der Waals surface area contributed by atoms with Crippen molar-refractivity contribution in [1.29, 1.82) is 5.26 Å². The zero-order valence-corrected chi connectivity index (χ0v) is 23.2. The Morgan fingerprint density at radius 2 is 2.05 bits per heavy atom. The van der Waals surface area contributed by atoms with Gasteiger partial charge in [-0.15, -0.1) is 0 Å². The number of carbonyl (C=O) groups is 1. The number of aromatic carboxylic acids is 1. The lowest BCUT2D eigenvalue weighted by Crippen LogP contribution is -2.56. The van der Waals surface area contributed by atoms with Gasteiger partial charge in [-0.1, -0.05) is 6.07 Å². The lowest BCUT2D eigenvalue weighted by molar-refractivity contribution is -0.0596. The van der Waals surface area contributed by atoms with E-state index in [2.05, 4.69) is 9.97 Å². The number of rotatable bonds is 9. The van der Waals surface area contributed by atoms with Gasteiger partial charge in [-0.05, 0) is 56.0 Å². The summed E-state index contributed by atoms with van der Waals surface area (Å²) in [6.45, 7) is 1.77. The van der Waals surface area contributed by atoms with Crippen LogP contribution in [-0.4, -0.2) is 54.8 Å². The van der Waals surface area contributed by atoms with Gasteiger partial charge in [0.1, 0.15) is 23.9 Å². The van der Waals surface area contributed by atoms with Gasteiger partial charge in [-0.2, -0.15) is 14.6 Å². The van der Waals surface area contributed by atoms with Crippen LogP contribution in [0.1, 0.15) is 58.8 Å². The molecular formula is C30H29F2N7O4. The standard InChI is InChI=1S/C30H29F2N7O4/c31-22-11-18(13-33)3-4-20(22)17-43-27-23(32)14-35-29(37-27)30(34)8-1-2-9-38(30)16-26-36-24-6-5-19(28(40)41)12-25(24)39(26)15-21-7-10-42-21/h3-6,11-12,14,21H,1-2,7-10,15-17,34H2,(H,40,41)/t21-,30?/m0/s1. The van der Waals surface area contributed by atoms with E-state index >= 15 is 0 Å². The molecule has 2 fully saturated rings. The summed E-state index contributed by atoms with van der Waals surface area (Å²) in [5.74, 6) is -2.02. The molecule has 2 atom stereocenters. The first-order valence-corrected chi connectivity index (χ1v) is 14.0. The molecule has 0 radical (unpaired) electrons. The number of hydrogen-bond acceptors (Lipinski definition) is 9. The van der Waals surface area contributed by atoms with Crippen LogP contribution in [0, 0.1) is 23.0 Å². The maximum atomic E-state index is 14.7. The lowest BCUT2D eigenvalue weighted by Gasteiger charge is -2.43. The quantitative estimate of drug-likeness (QED) is 0.295. The van der Waals surface area contributed by atoms with Crippen LogP contribution in [0.3, 0.4) is 0 Å². The van der Waals surface area contributed by atoms with E-state index in [1.165, 1.54) is 18.2 Å². The second-order valence-electron chi connectivity index (χ2n) is 10.8. The second kappa shape index (κ2) is 11.6. The van der Waals surface area contributed by atoms with Crippen molar-refractivity contribution in [3.8, 4) is 11.9 Å². The monoisotopic (exact) mass is 589 g/mol. The van der Waals surface area contributed by atoms with Crippen LogP contribution in [0.5, 0.6) is 5.88 Å². The number of aromatic nitrogens is 4. The fraction of sp³-hybridized carbons (Fsp3) is 0.367. The molecule has 0 saturated carbocycles. The van der Waals surface area contributed by atoms with Crippen molar-refractivity contribution >= 4 is 17.0 Å². The average Bonchev–Trinajstić information content (AvgIpc) is 3.32. The third kappa shape index (κ3) is 5.64. The fourth-order valence-corrected chi connectivity index (χ4v) is 5.50. The van der Waals surface area contributed by atoms with E-state index in [4.69, 9.17) is 25.5 Å². The Hall–Kier alpha value is -4.51.